The lowest BCUT2D eigenvalue weighted by atomic mass is 9.49. The lowest BCUT2D eigenvalue weighted by Crippen LogP contribution is -2.68. The van der Waals surface area contributed by atoms with Crippen molar-refractivity contribution >= 4 is 0 Å². The van der Waals surface area contributed by atoms with Crippen molar-refractivity contribution in [2.24, 2.45) is 11.3 Å². The average molecular weight is 369 g/mol. The minimum atomic E-state index is -0.955. The van der Waals surface area contributed by atoms with Gasteiger partial charge in [0.15, 0.2) is 12.1 Å². The van der Waals surface area contributed by atoms with Gasteiger partial charge in [-0.25, -0.2) is 0 Å². The first-order valence-corrected chi connectivity index (χ1v) is 10.3. The van der Waals surface area contributed by atoms with Crippen molar-refractivity contribution in [3.05, 3.63) is 11.1 Å². The van der Waals surface area contributed by atoms with E-state index in [1.54, 1.807) is 0 Å². The molecule has 0 amide bonds. The van der Waals surface area contributed by atoms with Crippen molar-refractivity contribution in [1.82, 2.24) is 0 Å². The third-order valence-electron chi connectivity index (χ3n) is 7.10. The number of fused-ring (bicyclic) bond motifs is 2. The van der Waals surface area contributed by atoms with Crippen LogP contribution in [0.15, 0.2) is 11.1 Å². The monoisotopic (exact) mass is 368 g/mol. The Bertz CT molecular complexity index is 561. The molecule has 5 nitrogen and oxygen atoms in total. The maximum absolute atomic E-state index is 11.9. The first-order valence-electron chi connectivity index (χ1n) is 10.3. The molecule has 0 aromatic rings. The van der Waals surface area contributed by atoms with Gasteiger partial charge in [0.1, 0.15) is 0 Å². The van der Waals surface area contributed by atoms with Gasteiger partial charge in [0, 0.05) is 37.2 Å². The fraction of sp³-hybridized carbons (Fsp3) is 0.905. The van der Waals surface area contributed by atoms with E-state index in [-0.39, 0.29) is 11.5 Å². The second-order valence-electron chi connectivity index (χ2n) is 8.31. The van der Waals surface area contributed by atoms with Crippen LogP contribution in [0.2, 0.25) is 0 Å². The smallest absolute Gasteiger partial charge is 0.199 e. The van der Waals surface area contributed by atoms with E-state index in [2.05, 4.69) is 20.8 Å². The van der Waals surface area contributed by atoms with Crippen LogP contribution >= 0.6 is 0 Å². The summed E-state index contributed by atoms with van der Waals surface area (Å²) in [5.74, 6) is -0.604. The van der Waals surface area contributed by atoms with Crippen LogP contribution in [0.1, 0.15) is 67.2 Å². The Labute approximate surface area is 158 Å². The zero-order valence-electron chi connectivity index (χ0n) is 17.3. The maximum Gasteiger partial charge on any atom is 0.199 e. The van der Waals surface area contributed by atoms with Gasteiger partial charge in [-0.3, -0.25) is 0 Å². The van der Waals surface area contributed by atoms with E-state index in [1.807, 2.05) is 20.8 Å². The molecule has 3 aliphatic rings. The topological polar surface area (TPSA) is 57.2 Å². The number of rotatable bonds is 6. The van der Waals surface area contributed by atoms with Gasteiger partial charge in [0.05, 0.1) is 11.7 Å². The minimum absolute atomic E-state index is 0.237. The molecule has 6 atom stereocenters. The molecule has 0 aromatic carbocycles. The zero-order chi connectivity index (χ0) is 19.2. The third kappa shape index (κ3) is 2.70. The van der Waals surface area contributed by atoms with E-state index >= 15 is 0 Å². The highest BCUT2D eigenvalue weighted by atomic mass is 16.8. The van der Waals surface area contributed by atoms with Gasteiger partial charge in [-0.1, -0.05) is 20.3 Å². The molecule has 1 N–H and O–H groups in total. The Morgan fingerprint density at radius 1 is 1.15 bits per heavy atom. The summed E-state index contributed by atoms with van der Waals surface area (Å²) in [6.07, 6.45) is 2.63. The van der Waals surface area contributed by atoms with E-state index in [4.69, 9.17) is 18.9 Å². The van der Waals surface area contributed by atoms with Crippen molar-refractivity contribution in [3.63, 3.8) is 0 Å². The van der Waals surface area contributed by atoms with Crippen LogP contribution < -0.4 is 0 Å². The third-order valence-corrected chi connectivity index (χ3v) is 7.10. The van der Waals surface area contributed by atoms with Crippen LogP contribution in [0.5, 0.6) is 0 Å². The summed E-state index contributed by atoms with van der Waals surface area (Å²) in [7, 11) is 0. The molecule has 0 radical (unpaired) electrons. The Morgan fingerprint density at radius 2 is 1.85 bits per heavy atom. The Kier molecular flexibility index (Phi) is 5.59. The summed E-state index contributed by atoms with van der Waals surface area (Å²) in [4.78, 5) is 0. The largest absolute Gasteiger partial charge is 0.389 e. The fourth-order valence-electron chi connectivity index (χ4n) is 5.62. The molecule has 26 heavy (non-hydrogen) atoms. The highest BCUT2D eigenvalue weighted by Crippen LogP contribution is 2.63. The SMILES string of the molecule is CCO[C@H]1O[C@@]2(OCC)C[C@@]3(O)CCC[C@H](C)[C@@]3(C)[C@H](OCC)C2=C1C. The van der Waals surface area contributed by atoms with Crippen molar-refractivity contribution in [1.29, 1.82) is 0 Å². The lowest BCUT2D eigenvalue weighted by molar-refractivity contribution is -0.322. The maximum atomic E-state index is 11.9. The molecule has 0 bridgehead atoms. The predicted octanol–water partition coefficient (Wildman–Crippen LogP) is 3.79. The minimum Gasteiger partial charge on any atom is -0.389 e. The first kappa shape index (κ1) is 20.3. The molecule has 1 aliphatic heterocycles. The van der Waals surface area contributed by atoms with E-state index in [0.717, 1.165) is 30.4 Å². The highest BCUT2D eigenvalue weighted by Gasteiger charge is 2.69. The standard InChI is InChI=1S/C21H36O5/c1-7-23-17-16-15(5)18(24-8-2)26-21(16,25-9-3)13-20(22)12-10-11-14(4)19(17,20)6/h14,17-18,22H,7-13H2,1-6H3/t14-,17+,18-,19-,20-,21-/m0/s1. The number of hydrogen-bond donors (Lipinski definition) is 1. The molecule has 150 valence electrons. The second-order valence-corrected chi connectivity index (χ2v) is 8.31. The summed E-state index contributed by atoms with van der Waals surface area (Å²) in [6.45, 7) is 14.1. The second kappa shape index (κ2) is 7.17. The average Bonchev–Trinajstić information content (AvgIpc) is 2.83. The normalized spacial score (nSPS) is 45.6. The van der Waals surface area contributed by atoms with Gasteiger partial charge in [0.25, 0.3) is 0 Å². The van der Waals surface area contributed by atoms with Gasteiger partial charge in [0.2, 0.25) is 0 Å². The van der Waals surface area contributed by atoms with E-state index in [1.165, 1.54) is 0 Å². The van der Waals surface area contributed by atoms with Crippen molar-refractivity contribution < 1.29 is 24.1 Å². The molecule has 2 saturated carbocycles. The fourth-order valence-corrected chi connectivity index (χ4v) is 5.62. The Hall–Kier alpha value is -0.460. The highest BCUT2D eigenvalue weighted by molar-refractivity contribution is 5.39. The quantitative estimate of drug-likeness (QED) is 0.723. The van der Waals surface area contributed by atoms with Gasteiger partial charge < -0.3 is 24.1 Å². The predicted molar refractivity (Wildman–Crippen MR) is 99.7 cm³/mol. The van der Waals surface area contributed by atoms with E-state index in [9.17, 15) is 5.11 Å². The van der Waals surface area contributed by atoms with Crippen LogP contribution in [0.4, 0.5) is 0 Å². The van der Waals surface area contributed by atoms with Crippen LogP contribution in [0.25, 0.3) is 0 Å². The number of ether oxygens (including phenoxy) is 4. The summed E-state index contributed by atoms with van der Waals surface area (Å²) in [5, 5.41) is 11.9. The van der Waals surface area contributed by atoms with E-state index in [0.29, 0.717) is 32.2 Å². The van der Waals surface area contributed by atoms with Crippen molar-refractivity contribution in [2.45, 2.75) is 91.0 Å². The first-order chi connectivity index (χ1) is 12.3. The molecule has 0 spiro atoms. The van der Waals surface area contributed by atoms with Gasteiger partial charge in [-0.05, 0) is 52.0 Å². The lowest BCUT2D eigenvalue weighted by Gasteiger charge is -2.62. The molecular weight excluding hydrogens is 332 g/mol. The van der Waals surface area contributed by atoms with Gasteiger partial charge >= 0.3 is 0 Å². The van der Waals surface area contributed by atoms with Gasteiger partial charge in [-0.2, -0.15) is 0 Å². The number of hydrogen-bond acceptors (Lipinski definition) is 5. The van der Waals surface area contributed by atoms with E-state index < -0.39 is 17.7 Å². The molecule has 0 unspecified atom stereocenters. The molecular formula is C21H36O5. The molecule has 0 aromatic heterocycles. The Balaban J connectivity index is 2.17. The van der Waals surface area contributed by atoms with Crippen LogP contribution in [-0.4, -0.2) is 48.7 Å². The molecule has 5 heteroatoms. The Morgan fingerprint density at radius 3 is 2.46 bits per heavy atom. The molecule has 2 aliphatic carbocycles. The van der Waals surface area contributed by atoms with Crippen LogP contribution in [0, 0.1) is 11.3 Å². The van der Waals surface area contributed by atoms with Crippen molar-refractivity contribution in [2.75, 3.05) is 19.8 Å². The van der Waals surface area contributed by atoms with Gasteiger partial charge in [-0.15, -0.1) is 0 Å². The summed E-state index contributed by atoms with van der Waals surface area (Å²) in [5.41, 5.74) is 0.827. The molecule has 0 saturated heterocycles. The van der Waals surface area contributed by atoms with Crippen molar-refractivity contribution in [3.8, 4) is 0 Å². The summed E-state index contributed by atoms with van der Waals surface area (Å²) >= 11 is 0. The molecule has 3 rings (SSSR count). The summed E-state index contributed by atoms with van der Waals surface area (Å²) < 4.78 is 24.8. The van der Waals surface area contributed by atoms with Crippen LogP contribution in [0.3, 0.4) is 0 Å². The molecule has 1 heterocycles. The summed E-state index contributed by atoms with van der Waals surface area (Å²) in [6, 6.07) is 0. The zero-order valence-corrected chi connectivity index (χ0v) is 17.3. The molecule has 2 fully saturated rings. The van der Waals surface area contributed by atoms with Crippen LogP contribution in [-0.2, 0) is 18.9 Å². The number of aliphatic hydroxyl groups is 1.